The number of hydrogen-bond acceptors (Lipinski definition) is 8. The van der Waals surface area contributed by atoms with Crippen molar-refractivity contribution >= 4 is 40.3 Å². The summed E-state index contributed by atoms with van der Waals surface area (Å²) in [5.74, 6) is 1.60. The van der Waals surface area contributed by atoms with Gasteiger partial charge in [0.15, 0.2) is 5.11 Å². The molecule has 1 saturated heterocycles. The van der Waals surface area contributed by atoms with Crippen molar-refractivity contribution in [3.63, 3.8) is 0 Å². The van der Waals surface area contributed by atoms with Crippen LogP contribution >= 0.6 is 12.2 Å². The van der Waals surface area contributed by atoms with E-state index in [-0.39, 0.29) is 17.6 Å². The van der Waals surface area contributed by atoms with Gasteiger partial charge in [0, 0.05) is 24.9 Å². The number of benzene rings is 2. The minimum atomic E-state index is -0.482. The second kappa shape index (κ2) is 11.0. The number of non-ortho nitro benzene ring substituents is 1. The van der Waals surface area contributed by atoms with Crippen LogP contribution in [0.2, 0.25) is 0 Å². The average molecular weight is 560 g/mol. The number of nitro benzene ring substituents is 1. The maximum atomic E-state index is 11.9. The van der Waals surface area contributed by atoms with Gasteiger partial charge in [-0.15, -0.1) is 0 Å². The van der Waals surface area contributed by atoms with Gasteiger partial charge in [0.05, 0.1) is 48.2 Å². The van der Waals surface area contributed by atoms with Crippen LogP contribution in [-0.2, 0) is 4.79 Å². The number of aromatic nitrogens is 1. The zero-order valence-electron chi connectivity index (χ0n) is 21.8. The van der Waals surface area contributed by atoms with Gasteiger partial charge >= 0.3 is 0 Å². The zero-order chi connectivity index (χ0) is 28.4. The number of furan rings is 1. The van der Waals surface area contributed by atoms with Crippen LogP contribution in [0.5, 0.6) is 11.5 Å². The molecule has 1 fully saturated rings. The van der Waals surface area contributed by atoms with Gasteiger partial charge in [0.2, 0.25) is 5.91 Å². The molecule has 40 heavy (non-hydrogen) atoms. The topological polar surface area (TPSA) is 132 Å². The fraction of sp³-hybridized carbons (Fsp3) is 0.179. The van der Waals surface area contributed by atoms with E-state index < -0.39 is 11.0 Å². The highest BCUT2D eigenvalue weighted by Gasteiger charge is 2.43. The molecule has 11 nitrogen and oxygen atoms in total. The molecular formula is C28H25N5O6S. The zero-order valence-corrected chi connectivity index (χ0v) is 22.6. The fourth-order valence-electron chi connectivity index (χ4n) is 4.71. The predicted octanol–water partition coefficient (Wildman–Crippen LogP) is 5.40. The van der Waals surface area contributed by atoms with Crippen LogP contribution in [0.3, 0.4) is 0 Å². The number of nitrogens with zero attached hydrogens (tertiary/aromatic N) is 3. The number of anilines is 2. The molecule has 1 aliphatic rings. The number of hydrogen-bond donors (Lipinski definition) is 2. The van der Waals surface area contributed by atoms with Crippen molar-refractivity contribution < 1.29 is 23.6 Å². The van der Waals surface area contributed by atoms with Crippen molar-refractivity contribution in [3.05, 3.63) is 94.5 Å². The van der Waals surface area contributed by atoms with Gasteiger partial charge in [0.25, 0.3) is 5.69 Å². The summed E-state index contributed by atoms with van der Waals surface area (Å²) in [7, 11) is 2.97. The first-order chi connectivity index (χ1) is 19.3. The molecule has 0 radical (unpaired) electrons. The van der Waals surface area contributed by atoms with Crippen molar-refractivity contribution in [1.29, 1.82) is 0 Å². The third-order valence-electron chi connectivity index (χ3n) is 6.45. The molecule has 2 atom stereocenters. The van der Waals surface area contributed by atoms with E-state index in [1.807, 2.05) is 35.2 Å². The molecule has 3 heterocycles. The summed E-state index contributed by atoms with van der Waals surface area (Å²) in [4.78, 5) is 29.1. The van der Waals surface area contributed by atoms with E-state index >= 15 is 0 Å². The summed E-state index contributed by atoms with van der Waals surface area (Å²) in [5.41, 5.74) is 2.40. The summed E-state index contributed by atoms with van der Waals surface area (Å²) >= 11 is 5.79. The number of methoxy groups -OCH3 is 2. The Bertz CT molecular complexity index is 1590. The third kappa shape index (κ3) is 5.04. The minimum absolute atomic E-state index is 0.0893. The molecule has 2 N–H and O–H groups in total. The van der Waals surface area contributed by atoms with Crippen LogP contribution in [0.15, 0.2) is 77.3 Å². The summed E-state index contributed by atoms with van der Waals surface area (Å²) in [6.07, 6.45) is 1.71. The maximum absolute atomic E-state index is 11.9. The molecule has 4 aromatic rings. The molecule has 0 aliphatic carbocycles. The molecule has 0 bridgehead atoms. The molecule has 1 amide bonds. The van der Waals surface area contributed by atoms with Gasteiger partial charge in [-0.05, 0) is 60.7 Å². The Morgan fingerprint density at radius 2 is 1.90 bits per heavy atom. The predicted molar refractivity (Wildman–Crippen MR) is 153 cm³/mol. The van der Waals surface area contributed by atoms with E-state index in [4.69, 9.17) is 26.1 Å². The van der Waals surface area contributed by atoms with Gasteiger partial charge in [0.1, 0.15) is 29.1 Å². The number of amides is 1. The molecule has 1 aliphatic heterocycles. The SMILES string of the molecule is COc1ccc(N2C(=S)N[C@H](c3ccccn3)[C@@H]2c2ccc(-c3ccc([N+](=O)[O-])cc3OC)o2)cc1NC(C)=O. The molecule has 0 unspecified atom stereocenters. The van der Waals surface area contributed by atoms with Crippen molar-refractivity contribution in [1.82, 2.24) is 10.3 Å². The Kier molecular flexibility index (Phi) is 7.34. The van der Waals surface area contributed by atoms with Gasteiger partial charge in [-0.1, -0.05) is 6.07 Å². The highest BCUT2D eigenvalue weighted by molar-refractivity contribution is 7.80. The monoisotopic (exact) mass is 559 g/mol. The van der Waals surface area contributed by atoms with Gasteiger partial charge in [-0.25, -0.2) is 0 Å². The first-order valence-electron chi connectivity index (χ1n) is 12.2. The molecule has 0 saturated carbocycles. The third-order valence-corrected chi connectivity index (χ3v) is 6.76. The van der Waals surface area contributed by atoms with Crippen molar-refractivity contribution in [2.24, 2.45) is 0 Å². The number of thiocarbonyl (C=S) groups is 1. The number of carbonyl (C=O) groups excluding carboxylic acids is 1. The molecular weight excluding hydrogens is 534 g/mol. The van der Waals surface area contributed by atoms with E-state index in [2.05, 4.69) is 15.6 Å². The highest BCUT2D eigenvalue weighted by atomic mass is 32.1. The van der Waals surface area contributed by atoms with Crippen molar-refractivity contribution in [2.75, 3.05) is 24.4 Å². The lowest BCUT2D eigenvalue weighted by Gasteiger charge is -2.27. The largest absolute Gasteiger partial charge is 0.496 e. The highest BCUT2D eigenvalue weighted by Crippen LogP contribution is 2.45. The number of pyridine rings is 1. The Morgan fingerprint density at radius 1 is 1.10 bits per heavy atom. The van der Waals surface area contributed by atoms with Crippen molar-refractivity contribution in [3.8, 4) is 22.8 Å². The van der Waals surface area contributed by atoms with E-state index in [0.29, 0.717) is 45.1 Å². The molecule has 2 aromatic carbocycles. The van der Waals surface area contributed by atoms with Crippen molar-refractivity contribution in [2.45, 2.75) is 19.0 Å². The van der Waals surface area contributed by atoms with E-state index in [0.717, 1.165) is 5.69 Å². The second-order valence-corrected chi connectivity index (χ2v) is 9.29. The lowest BCUT2D eigenvalue weighted by atomic mass is 10.0. The maximum Gasteiger partial charge on any atom is 0.273 e. The number of carbonyl (C=O) groups is 1. The number of nitrogens with one attached hydrogen (secondary N) is 2. The van der Waals surface area contributed by atoms with E-state index in [1.165, 1.54) is 33.3 Å². The molecule has 0 spiro atoms. The van der Waals surface area contributed by atoms with Crippen LogP contribution in [0.1, 0.15) is 30.5 Å². The fourth-order valence-corrected chi connectivity index (χ4v) is 5.05. The second-order valence-electron chi connectivity index (χ2n) is 8.91. The van der Waals surface area contributed by atoms with Crippen LogP contribution < -0.4 is 25.0 Å². The summed E-state index contributed by atoms with van der Waals surface area (Å²) < 4.78 is 17.2. The normalized spacial score (nSPS) is 16.4. The molecule has 204 valence electrons. The average Bonchev–Trinajstić information content (AvgIpc) is 3.57. The van der Waals surface area contributed by atoms with Crippen LogP contribution in [0.4, 0.5) is 17.1 Å². The lowest BCUT2D eigenvalue weighted by molar-refractivity contribution is -0.384. The standard InChI is InChI=1S/C28H25N5O6S/c1-16(34)30-21-14-17(8-10-23(21)37-2)32-27(26(31-28(32)40)20-6-4-5-13-29-20)24-12-11-22(39-24)19-9-7-18(33(35)36)15-25(19)38-3/h4-15,26-27H,1-3H3,(H,30,34)(H,31,40)/t26-,27+/m1/s1. The van der Waals surface area contributed by atoms with Crippen LogP contribution in [0.25, 0.3) is 11.3 Å². The van der Waals surface area contributed by atoms with Gasteiger partial charge in [-0.3, -0.25) is 19.9 Å². The Balaban J connectivity index is 1.61. The van der Waals surface area contributed by atoms with Crippen LogP contribution in [0, 0.1) is 10.1 Å². The van der Waals surface area contributed by atoms with E-state index in [1.54, 1.807) is 30.5 Å². The Hall–Kier alpha value is -4.97. The van der Waals surface area contributed by atoms with Gasteiger partial charge in [-0.2, -0.15) is 0 Å². The smallest absolute Gasteiger partial charge is 0.273 e. The molecule has 2 aromatic heterocycles. The summed E-state index contributed by atoms with van der Waals surface area (Å²) in [6.45, 7) is 1.42. The molecule has 12 heteroatoms. The summed E-state index contributed by atoms with van der Waals surface area (Å²) in [6, 6.07) is 18.1. The van der Waals surface area contributed by atoms with Crippen LogP contribution in [-0.4, -0.2) is 35.1 Å². The number of nitro groups is 1. The Morgan fingerprint density at radius 3 is 2.58 bits per heavy atom. The number of ether oxygens (including phenoxy) is 2. The first-order valence-corrected chi connectivity index (χ1v) is 12.6. The first kappa shape index (κ1) is 26.6. The lowest BCUT2D eigenvalue weighted by Crippen LogP contribution is -2.29. The van der Waals surface area contributed by atoms with Gasteiger partial charge < -0.3 is 29.4 Å². The Labute approximate surface area is 234 Å². The quantitative estimate of drug-likeness (QED) is 0.164. The number of rotatable bonds is 8. The van der Waals surface area contributed by atoms with E-state index in [9.17, 15) is 14.9 Å². The summed E-state index contributed by atoms with van der Waals surface area (Å²) in [5, 5.41) is 17.9. The minimum Gasteiger partial charge on any atom is -0.496 e. The molecule has 5 rings (SSSR count).